The molecule has 0 amide bonds. The number of rotatable bonds is 4. The summed E-state index contributed by atoms with van der Waals surface area (Å²) in [6.45, 7) is 2.40. The lowest BCUT2D eigenvalue weighted by Gasteiger charge is -2.11. The minimum absolute atomic E-state index is 0.0417. The lowest BCUT2D eigenvalue weighted by Crippen LogP contribution is -2.18. The molecule has 2 nitrogen and oxygen atoms in total. The van der Waals surface area contributed by atoms with Crippen molar-refractivity contribution in [1.29, 1.82) is 0 Å². The molecule has 1 aromatic heterocycles. The maximum absolute atomic E-state index is 13.5. The van der Waals surface area contributed by atoms with Gasteiger partial charge in [0.05, 0.1) is 12.3 Å². The Morgan fingerprint density at radius 3 is 2.88 bits per heavy atom. The second-order valence-corrected chi connectivity index (χ2v) is 4.29. The summed E-state index contributed by atoms with van der Waals surface area (Å²) >= 11 is 5.69. The van der Waals surface area contributed by atoms with E-state index in [9.17, 15) is 4.39 Å². The van der Waals surface area contributed by atoms with Crippen molar-refractivity contribution < 1.29 is 8.81 Å². The van der Waals surface area contributed by atoms with Gasteiger partial charge in [-0.2, -0.15) is 0 Å². The van der Waals surface area contributed by atoms with Crippen LogP contribution in [0.25, 0.3) is 0 Å². The lowest BCUT2D eigenvalue weighted by atomic mass is 10.2. The molecule has 1 unspecified atom stereocenters. The van der Waals surface area contributed by atoms with Gasteiger partial charge in [-0.3, -0.25) is 0 Å². The Bertz CT molecular complexity index is 484. The molecule has 0 saturated carbocycles. The molecule has 17 heavy (non-hydrogen) atoms. The van der Waals surface area contributed by atoms with E-state index in [4.69, 9.17) is 16.0 Å². The third kappa shape index (κ3) is 3.08. The first-order chi connectivity index (χ1) is 8.16. The fraction of sp³-hybridized carbons (Fsp3) is 0.231. The van der Waals surface area contributed by atoms with Gasteiger partial charge in [-0.15, -0.1) is 0 Å². The van der Waals surface area contributed by atoms with Crippen LogP contribution < -0.4 is 5.32 Å². The Labute approximate surface area is 104 Å². The van der Waals surface area contributed by atoms with Crippen LogP contribution in [0.2, 0.25) is 5.02 Å². The van der Waals surface area contributed by atoms with Crippen molar-refractivity contribution in [3.8, 4) is 0 Å². The van der Waals surface area contributed by atoms with Crippen molar-refractivity contribution in [2.24, 2.45) is 0 Å². The molecule has 0 aliphatic carbocycles. The van der Waals surface area contributed by atoms with E-state index in [1.165, 1.54) is 6.07 Å². The molecule has 0 aliphatic heterocycles. The number of hydrogen-bond donors (Lipinski definition) is 1. The zero-order valence-corrected chi connectivity index (χ0v) is 10.2. The zero-order chi connectivity index (χ0) is 12.3. The first kappa shape index (κ1) is 12.1. The average molecular weight is 254 g/mol. The molecule has 2 aromatic rings. The predicted octanol–water partition coefficient (Wildman–Crippen LogP) is 3.92. The van der Waals surface area contributed by atoms with Gasteiger partial charge in [0.1, 0.15) is 11.6 Å². The van der Waals surface area contributed by atoms with E-state index < -0.39 is 0 Å². The monoisotopic (exact) mass is 253 g/mol. The second kappa shape index (κ2) is 5.34. The van der Waals surface area contributed by atoms with Crippen LogP contribution in [0, 0.1) is 5.82 Å². The number of nitrogens with one attached hydrogen (secondary N) is 1. The van der Waals surface area contributed by atoms with Crippen LogP contribution in [-0.2, 0) is 6.54 Å². The van der Waals surface area contributed by atoms with Crippen LogP contribution in [0.4, 0.5) is 4.39 Å². The fourth-order valence-corrected chi connectivity index (χ4v) is 1.73. The molecule has 1 N–H and O–H groups in total. The molecule has 1 aromatic carbocycles. The molecule has 0 saturated heterocycles. The van der Waals surface area contributed by atoms with Gasteiger partial charge in [-0.05, 0) is 31.2 Å². The molecular formula is C13H13ClFNO. The third-order valence-electron chi connectivity index (χ3n) is 2.58. The van der Waals surface area contributed by atoms with Gasteiger partial charge in [0.25, 0.3) is 0 Å². The van der Waals surface area contributed by atoms with Crippen LogP contribution in [0.15, 0.2) is 41.0 Å². The summed E-state index contributed by atoms with van der Waals surface area (Å²) in [5, 5.41) is 3.59. The summed E-state index contributed by atoms with van der Waals surface area (Å²) < 4.78 is 18.8. The van der Waals surface area contributed by atoms with Crippen molar-refractivity contribution in [3.05, 3.63) is 58.8 Å². The quantitative estimate of drug-likeness (QED) is 0.893. The summed E-state index contributed by atoms with van der Waals surface area (Å²) in [4.78, 5) is 0. The largest absolute Gasteiger partial charge is 0.468 e. The molecule has 4 heteroatoms. The first-order valence-corrected chi connectivity index (χ1v) is 5.75. The normalized spacial score (nSPS) is 12.6. The van der Waals surface area contributed by atoms with E-state index in [2.05, 4.69) is 5.32 Å². The topological polar surface area (TPSA) is 25.2 Å². The van der Waals surface area contributed by atoms with Crippen molar-refractivity contribution in [2.45, 2.75) is 19.5 Å². The molecule has 90 valence electrons. The smallest absolute Gasteiger partial charge is 0.129 e. The Kier molecular flexibility index (Phi) is 3.82. The van der Waals surface area contributed by atoms with Gasteiger partial charge < -0.3 is 9.73 Å². The Balaban J connectivity index is 1.98. The van der Waals surface area contributed by atoms with Gasteiger partial charge in [-0.25, -0.2) is 4.39 Å². The van der Waals surface area contributed by atoms with Crippen molar-refractivity contribution >= 4 is 11.6 Å². The SMILES string of the molecule is CC(NCc1ccc(Cl)cc1F)c1ccco1. The van der Waals surface area contributed by atoms with Gasteiger partial charge in [-0.1, -0.05) is 17.7 Å². The van der Waals surface area contributed by atoms with E-state index in [-0.39, 0.29) is 11.9 Å². The summed E-state index contributed by atoms with van der Waals surface area (Å²) in [5.74, 6) is 0.538. The maximum atomic E-state index is 13.5. The van der Waals surface area contributed by atoms with E-state index in [1.807, 2.05) is 19.1 Å². The predicted molar refractivity (Wildman–Crippen MR) is 65.4 cm³/mol. The van der Waals surface area contributed by atoms with Crippen LogP contribution >= 0.6 is 11.6 Å². The van der Waals surface area contributed by atoms with Crippen LogP contribution in [-0.4, -0.2) is 0 Å². The number of furan rings is 1. The highest BCUT2D eigenvalue weighted by molar-refractivity contribution is 6.30. The van der Waals surface area contributed by atoms with Crippen molar-refractivity contribution in [2.75, 3.05) is 0 Å². The summed E-state index contributed by atoms with van der Waals surface area (Å²) in [6.07, 6.45) is 1.62. The molecule has 0 aliphatic rings. The lowest BCUT2D eigenvalue weighted by molar-refractivity contribution is 0.427. The van der Waals surface area contributed by atoms with Crippen LogP contribution in [0.1, 0.15) is 24.3 Å². The van der Waals surface area contributed by atoms with E-state index in [0.29, 0.717) is 17.1 Å². The van der Waals surface area contributed by atoms with E-state index in [1.54, 1.807) is 18.4 Å². The molecule has 0 bridgehead atoms. The highest BCUT2D eigenvalue weighted by Crippen LogP contribution is 2.17. The average Bonchev–Trinajstić information content (AvgIpc) is 2.81. The first-order valence-electron chi connectivity index (χ1n) is 5.37. The standard InChI is InChI=1S/C13H13ClFNO/c1-9(13-3-2-6-17-13)16-8-10-4-5-11(14)7-12(10)15/h2-7,9,16H,8H2,1H3. The fourth-order valence-electron chi connectivity index (χ4n) is 1.57. The van der Waals surface area contributed by atoms with Gasteiger partial charge in [0, 0.05) is 17.1 Å². The van der Waals surface area contributed by atoms with Gasteiger partial charge >= 0.3 is 0 Å². The highest BCUT2D eigenvalue weighted by Gasteiger charge is 2.09. The zero-order valence-electron chi connectivity index (χ0n) is 9.41. The Morgan fingerprint density at radius 2 is 2.24 bits per heavy atom. The second-order valence-electron chi connectivity index (χ2n) is 3.85. The summed E-state index contributed by atoms with van der Waals surface area (Å²) in [5.41, 5.74) is 0.591. The highest BCUT2D eigenvalue weighted by atomic mass is 35.5. The van der Waals surface area contributed by atoms with Gasteiger partial charge in [0.15, 0.2) is 0 Å². The van der Waals surface area contributed by atoms with Crippen LogP contribution in [0.3, 0.4) is 0 Å². The Morgan fingerprint density at radius 1 is 1.41 bits per heavy atom. The summed E-state index contributed by atoms with van der Waals surface area (Å²) in [7, 11) is 0. The molecule has 0 fully saturated rings. The summed E-state index contributed by atoms with van der Waals surface area (Å²) in [6, 6.07) is 8.43. The molecule has 0 radical (unpaired) electrons. The van der Waals surface area contributed by atoms with Crippen molar-refractivity contribution in [1.82, 2.24) is 5.32 Å². The van der Waals surface area contributed by atoms with E-state index >= 15 is 0 Å². The minimum Gasteiger partial charge on any atom is -0.468 e. The molecule has 2 rings (SSSR count). The minimum atomic E-state index is -0.295. The maximum Gasteiger partial charge on any atom is 0.129 e. The molecule has 1 atom stereocenters. The van der Waals surface area contributed by atoms with Gasteiger partial charge in [0.2, 0.25) is 0 Å². The number of halogens is 2. The third-order valence-corrected chi connectivity index (χ3v) is 2.82. The van der Waals surface area contributed by atoms with E-state index in [0.717, 1.165) is 5.76 Å². The number of hydrogen-bond acceptors (Lipinski definition) is 2. The van der Waals surface area contributed by atoms with Crippen molar-refractivity contribution in [3.63, 3.8) is 0 Å². The number of benzene rings is 1. The van der Waals surface area contributed by atoms with Crippen LogP contribution in [0.5, 0.6) is 0 Å². The molecule has 1 heterocycles. The molecular weight excluding hydrogens is 241 g/mol. The Hall–Kier alpha value is -1.32. The molecule has 0 spiro atoms.